The minimum atomic E-state index is 1.02. The van der Waals surface area contributed by atoms with Gasteiger partial charge in [-0.25, -0.2) is 0 Å². The van der Waals surface area contributed by atoms with E-state index >= 15 is 0 Å². The largest absolute Gasteiger partial charge is 0.309 e. The second-order valence-electron chi connectivity index (χ2n) is 14.6. The summed E-state index contributed by atoms with van der Waals surface area (Å²) in [6.45, 7) is 0. The zero-order chi connectivity index (χ0) is 34.6. The number of fused-ring (bicyclic) bond motifs is 8. The monoisotopic (exact) mass is 671 g/mol. The first kappa shape index (κ1) is 28.9. The fraction of sp³-hybridized carbons (Fsp3) is 0.0385. The number of para-hydroxylation sites is 2. The highest BCUT2D eigenvalue weighted by Crippen LogP contribution is 2.56. The highest BCUT2D eigenvalue weighted by molar-refractivity contribution is 6.46. The molecular formula is C52H33N. The molecule has 0 unspecified atom stereocenters. The number of anilines is 3. The Morgan fingerprint density at radius 1 is 0.283 bits per heavy atom. The van der Waals surface area contributed by atoms with Crippen LogP contribution in [0.4, 0.5) is 17.1 Å². The van der Waals surface area contributed by atoms with Crippen LogP contribution in [0, 0.1) is 0 Å². The third kappa shape index (κ3) is 3.91. The van der Waals surface area contributed by atoms with Gasteiger partial charge in [0.1, 0.15) is 0 Å². The lowest BCUT2D eigenvalue weighted by Crippen LogP contribution is -2.12. The van der Waals surface area contributed by atoms with E-state index in [2.05, 4.69) is 181 Å². The van der Waals surface area contributed by atoms with Crippen LogP contribution in [0.25, 0.3) is 86.9 Å². The average Bonchev–Trinajstić information content (AvgIpc) is 3.67. The highest BCUT2D eigenvalue weighted by Gasteiger charge is 2.29. The second-order valence-corrected chi connectivity index (χ2v) is 14.6. The van der Waals surface area contributed by atoms with Crippen LogP contribution in [0.5, 0.6) is 0 Å². The van der Waals surface area contributed by atoms with E-state index in [-0.39, 0.29) is 0 Å². The molecule has 0 fully saturated rings. The van der Waals surface area contributed by atoms with Crippen LogP contribution < -0.4 is 4.90 Å². The maximum atomic E-state index is 2.54. The van der Waals surface area contributed by atoms with Crippen molar-refractivity contribution < 1.29 is 0 Å². The van der Waals surface area contributed by atoms with E-state index in [1.807, 2.05) is 0 Å². The van der Waals surface area contributed by atoms with E-state index in [1.54, 1.807) is 0 Å². The maximum Gasteiger partial charge on any atom is 0.0540 e. The Morgan fingerprint density at radius 3 is 1.26 bits per heavy atom. The SMILES string of the molecule is c1ccc(-c2c3c4cccc5cccc(c3c(-c3ccccc3)c3c6ccc(N7c8ccccc8CCc8ccccc87)c7cccc(c23)c76)c54)cc1. The summed E-state index contributed by atoms with van der Waals surface area (Å²) >= 11 is 0. The van der Waals surface area contributed by atoms with Crippen molar-refractivity contribution in [2.75, 3.05) is 4.90 Å². The number of benzene rings is 9. The minimum absolute atomic E-state index is 1.02. The molecule has 1 aliphatic rings. The molecule has 1 heteroatoms. The molecular weight excluding hydrogens is 639 g/mol. The predicted molar refractivity (Wildman–Crippen MR) is 227 cm³/mol. The molecule has 246 valence electrons. The Morgan fingerprint density at radius 2 is 0.717 bits per heavy atom. The number of hydrogen-bond acceptors (Lipinski definition) is 1. The Labute approximate surface area is 307 Å². The number of nitrogens with zero attached hydrogens (tertiary/aromatic N) is 1. The summed E-state index contributed by atoms with van der Waals surface area (Å²) in [5.74, 6) is 0. The number of rotatable bonds is 3. The van der Waals surface area contributed by atoms with Crippen molar-refractivity contribution in [3.05, 3.63) is 187 Å². The molecule has 1 nitrogen and oxygen atoms in total. The molecule has 0 bridgehead atoms. The van der Waals surface area contributed by atoms with Gasteiger partial charge in [0.15, 0.2) is 0 Å². The molecule has 0 amide bonds. The van der Waals surface area contributed by atoms with E-state index in [4.69, 9.17) is 0 Å². The van der Waals surface area contributed by atoms with E-state index < -0.39 is 0 Å². The summed E-state index contributed by atoms with van der Waals surface area (Å²) in [6, 6.07) is 65.8. The van der Waals surface area contributed by atoms with Gasteiger partial charge in [0.05, 0.1) is 5.69 Å². The number of hydrogen-bond donors (Lipinski definition) is 0. The minimum Gasteiger partial charge on any atom is -0.309 e. The van der Waals surface area contributed by atoms with Gasteiger partial charge in [-0.15, -0.1) is 0 Å². The smallest absolute Gasteiger partial charge is 0.0540 e. The van der Waals surface area contributed by atoms with Gasteiger partial charge in [0, 0.05) is 16.8 Å². The van der Waals surface area contributed by atoms with Crippen molar-refractivity contribution in [2.24, 2.45) is 0 Å². The average molecular weight is 672 g/mol. The summed E-state index contributed by atoms with van der Waals surface area (Å²) in [6.07, 6.45) is 2.05. The molecule has 11 aromatic carbocycles. The topological polar surface area (TPSA) is 3.24 Å². The fourth-order valence-corrected chi connectivity index (χ4v) is 9.91. The van der Waals surface area contributed by atoms with Crippen molar-refractivity contribution in [2.45, 2.75) is 12.8 Å². The molecule has 0 N–H and O–H groups in total. The van der Waals surface area contributed by atoms with Gasteiger partial charge in [-0.3, -0.25) is 0 Å². The molecule has 0 saturated heterocycles. The summed E-state index contributed by atoms with van der Waals surface area (Å²) in [7, 11) is 0. The van der Waals surface area contributed by atoms with Gasteiger partial charge < -0.3 is 4.90 Å². The van der Waals surface area contributed by atoms with Crippen molar-refractivity contribution in [1.82, 2.24) is 0 Å². The standard InChI is InChI=1S/C52H33N/c1-3-16-35(17-4-1)46-49-38-23-11-20-34-21-12-24-39(45(34)38)50(49)47(36-18-5-2-6-19-36)52-41-30-31-44(37-22-13-25-40(48(37)41)51(46)52)53-42-26-9-7-14-32(42)28-29-33-15-8-10-27-43(33)53/h1-27,30-31H,28-29H2. The summed E-state index contributed by atoms with van der Waals surface area (Å²) in [4.78, 5) is 2.54. The van der Waals surface area contributed by atoms with E-state index in [9.17, 15) is 0 Å². The van der Waals surface area contributed by atoms with Crippen LogP contribution >= 0.6 is 0 Å². The van der Waals surface area contributed by atoms with Gasteiger partial charge in [-0.1, -0.05) is 158 Å². The van der Waals surface area contributed by atoms with Crippen molar-refractivity contribution in [3.63, 3.8) is 0 Å². The first-order valence-corrected chi connectivity index (χ1v) is 18.7. The Hall–Kier alpha value is -6.70. The zero-order valence-corrected chi connectivity index (χ0v) is 29.1. The lowest BCUT2D eigenvalue weighted by atomic mass is 9.87. The number of aryl methyl sites for hydroxylation is 2. The Kier molecular flexibility index (Phi) is 5.95. The van der Waals surface area contributed by atoms with E-state index in [0.717, 1.165) is 12.8 Å². The van der Waals surface area contributed by atoms with Crippen LogP contribution in [0.15, 0.2) is 176 Å². The van der Waals surface area contributed by atoms with E-state index in [1.165, 1.54) is 115 Å². The molecule has 11 aromatic rings. The lowest BCUT2D eigenvalue weighted by Gasteiger charge is -2.28. The van der Waals surface area contributed by atoms with Gasteiger partial charge in [0.25, 0.3) is 0 Å². The summed E-state index contributed by atoms with van der Waals surface area (Å²) in [5, 5.41) is 15.9. The van der Waals surface area contributed by atoms with Crippen molar-refractivity contribution >= 4 is 81.7 Å². The predicted octanol–water partition coefficient (Wildman–Crippen LogP) is 14.4. The highest BCUT2D eigenvalue weighted by atomic mass is 15.2. The van der Waals surface area contributed by atoms with Crippen LogP contribution in [0.1, 0.15) is 11.1 Å². The van der Waals surface area contributed by atoms with E-state index in [0.29, 0.717) is 0 Å². The third-order valence-electron chi connectivity index (χ3n) is 12.0. The quantitative estimate of drug-likeness (QED) is 0.181. The van der Waals surface area contributed by atoms with Crippen LogP contribution in [0.2, 0.25) is 0 Å². The fourth-order valence-electron chi connectivity index (χ4n) is 9.91. The van der Waals surface area contributed by atoms with Crippen molar-refractivity contribution in [3.8, 4) is 22.3 Å². The Balaban J connectivity index is 1.32. The van der Waals surface area contributed by atoms with Crippen LogP contribution in [-0.2, 0) is 12.8 Å². The summed E-state index contributed by atoms with van der Waals surface area (Å²) in [5.41, 5.74) is 11.7. The molecule has 0 radical (unpaired) electrons. The molecule has 0 aliphatic carbocycles. The molecule has 53 heavy (non-hydrogen) atoms. The zero-order valence-electron chi connectivity index (χ0n) is 29.1. The molecule has 0 atom stereocenters. The van der Waals surface area contributed by atoms with Gasteiger partial charge in [-0.05, 0) is 124 Å². The Bertz CT molecular complexity index is 3040. The van der Waals surface area contributed by atoms with Gasteiger partial charge >= 0.3 is 0 Å². The molecule has 12 rings (SSSR count). The third-order valence-corrected chi connectivity index (χ3v) is 12.0. The molecule has 0 saturated carbocycles. The lowest BCUT2D eigenvalue weighted by molar-refractivity contribution is 0.977. The molecule has 1 aliphatic heterocycles. The first-order valence-electron chi connectivity index (χ1n) is 18.7. The maximum absolute atomic E-state index is 2.54. The molecule has 0 spiro atoms. The van der Waals surface area contributed by atoms with Crippen LogP contribution in [0.3, 0.4) is 0 Å². The van der Waals surface area contributed by atoms with Crippen LogP contribution in [-0.4, -0.2) is 0 Å². The first-order chi connectivity index (χ1) is 26.3. The van der Waals surface area contributed by atoms with Gasteiger partial charge in [-0.2, -0.15) is 0 Å². The molecule has 0 aromatic heterocycles. The van der Waals surface area contributed by atoms with Gasteiger partial charge in [0.2, 0.25) is 0 Å². The summed E-state index contributed by atoms with van der Waals surface area (Å²) < 4.78 is 0. The second kappa shape index (κ2) is 10.9. The molecule has 1 heterocycles. The van der Waals surface area contributed by atoms with Crippen molar-refractivity contribution in [1.29, 1.82) is 0 Å². The normalized spacial score (nSPS) is 13.1.